The lowest BCUT2D eigenvalue weighted by atomic mass is 10.1. The quantitative estimate of drug-likeness (QED) is 0.618. The number of hydrogen-bond donors (Lipinski definition) is 2. The summed E-state index contributed by atoms with van der Waals surface area (Å²) in [5, 5.41) is 3.85. The van der Waals surface area contributed by atoms with Crippen LogP contribution in [0.15, 0.2) is 65.0 Å². The number of rotatable bonds is 7. The second-order valence-electron chi connectivity index (χ2n) is 6.52. The van der Waals surface area contributed by atoms with E-state index in [1.165, 1.54) is 0 Å². The van der Waals surface area contributed by atoms with Crippen LogP contribution in [0.3, 0.4) is 0 Å². The standard InChI is InChI=1S/C23H24N2O3/c1-3-17(13-16-7-5-4-6-8-16)22(26)24-12-11-19-14-18-9-10-20(28-2)15-21(18)25-23(19)27/h4-10,13-15H,3,11-12H2,1-2H3,(H,24,26)(H,25,27)/b17-13+. The molecule has 5 nitrogen and oxygen atoms in total. The van der Waals surface area contributed by atoms with Crippen LogP contribution in [0.4, 0.5) is 0 Å². The van der Waals surface area contributed by atoms with Crippen LogP contribution in [-0.4, -0.2) is 24.5 Å². The van der Waals surface area contributed by atoms with E-state index in [9.17, 15) is 9.59 Å². The molecule has 144 valence electrons. The van der Waals surface area contributed by atoms with Crippen LogP contribution in [-0.2, 0) is 11.2 Å². The molecule has 0 radical (unpaired) electrons. The van der Waals surface area contributed by atoms with Crippen molar-refractivity contribution in [2.24, 2.45) is 0 Å². The highest BCUT2D eigenvalue weighted by Gasteiger charge is 2.09. The number of hydrogen-bond acceptors (Lipinski definition) is 3. The summed E-state index contributed by atoms with van der Waals surface area (Å²) in [6, 6.07) is 17.2. The molecule has 3 rings (SSSR count). The Kier molecular flexibility index (Phi) is 6.27. The van der Waals surface area contributed by atoms with Gasteiger partial charge in [0.1, 0.15) is 5.75 Å². The van der Waals surface area contributed by atoms with E-state index in [2.05, 4.69) is 10.3 Å². The molecule has 1 amide bonds. The summed E-state index contributed by atoms with van der Waals surface area (Å²) in [7, 11) is 1.59. The van der Waals surface area contributed by atoms with Gasteiger partial charge in [0.25, 0.3) is 5.56 Å². The Morgan fingerprint density at radius 2 is 1.93 bits per heavy atom. The van der Waals surface area contributed by atoms with Gasteiger partial charge in [-0.3, -0.25) is 9.59 Å². The zero-order valence-electron chi connectivity index (χ0n) is 16.1. The lowest BCUT2D eigenvalue weighted by Gasteiger charge is -2.08. The highest BCUT2D eigenvalue weighted by molar-refractivity contribution is 5.97. The summed E-state index contributed by atoms with van der Waals surface area (Å²) in [6.07, 6.45) is 3.00. The van der Waals surface area contributed by atoms with Gasteiger partial charge in [-0.05, 0) is 48.1 Å². The van der Waals surface area contributed by atoms with E-state index < -0.39 is 0 Å². The Morgan fingerprint density at radius 3 is 2.64 bits per heavy atom. The average Bonchev–Trinajstić information content (AvgIpc) is 2.72. The number of carbonyl (C=O) groups excluding carboxylic acids is 1. The molecular weight excluding hydrogens is 352 g/mol. The second-order valence-corrected chi connectivity index (χ2v) is 6.52. The van der Waals surface area contributed by atoms with Gasteiger partial charge >= 0.3 is 0 Å². The molecule has 0 unspecified atom stereocenters. The molecule has 2 aromatic carbocycles. The summed E-state index contributed by atoms with van der Waals surface area (Å²) in [5.74, 6) is 0.591. The Balaban J connectivity index is 1.67. The minimum atomic E-state index is -0.148. The number of carbonyl (C=O) groups is 1. The molecule has 0 saturated heterocycles. The van der Waals surface area contributed by atoms with Crippen molar-refractivity contribution in [2.45, 2.75) is 19.8 Å². The molecule has 1 heterocycles. The molecule has 0 spiro atoms. The fourth-order valence-corrected chi connectivity index (χ4v) is 3.04. The Morgan fingerprint density at radius 1 is 1.14 bits per heavy atom. The molecule has 0 atom stereocenters. The van der Waals surface area contributed by atoms with Crippen LogP contribution in [0.1, 0.15) is 24.5 Å². The Bertz CT molecular complexity index is 1050. The van der Waals surface area contributed by atoms with E-state index in [0.29, 0.717) is 36.3 Å². The number of aromatic amines is 1. The fourth-order valence-electron chi connectivity index (χ4n) is 3.04. The first-order valence-corrected chi connectivity index (χ1v) is 9.34. The van der Waals surface area contributed by atoms with Gasteiger partial charge in [0, 0.05) is 23.7 Å². The predicted molar refractivity (Wildman–Crippen MR) is 113 cm³/mol. The number of amides is 1. The topological polar surface area (TPSA) is 71.2 Å². The molecular formula is C23H24N2O3. The van der Waals surface area contributed by atoms with Crippen molar-refractivity contribution < 1.29 is 9.53 Å². The molecule has 2 N–H and O–H groups in total. The molecule has 0 saturated carbocycles. The molecule has 0 aliphatic rings. The molecule has 28 heavy (non-hydrogen) atoms. The Hall–Kier alpha value is -3.34. The lowest BCUT2D eigenvalue weighted by molar-refractivity contribution is -0.117. The van der Waals surface area contributed by atoms with Gasteiger partial charge in [0.2, 0.25) is 5.91 Å². The number of methoxy groups -OCH3 is 1. The van der Waals surface area contributed by atoms with Gasteiger partial charge in [0.05, 0.1) is 12.6 Å². The highest BCUT2D eigenvalue weighted by atomic mass is 16.5. The summed E-state index contributed by atoms with van der Waals surface area (Å²) >= 11 is 0. The molecule has 3 aromatic rings. The number of benzene rings is 2. The van der Waals surface area contributed by atoms with Crippen LogP contribution in [0.25, 0.3) is 17.0 Å². The number of nitrogens with one attached hydrogen (secondary N) is 2. The van der Waals surface area contributed by atoms with Gasteiger partial charge in [0.15, 0.2) is 0 Å². The molecule has 0 bridgehead atoms. The van der Waals surface area contributed by atoms with E-state index in [1.807, 2.05) is 61.5 Å². The first-order chi connectivity index (χ1) is 13.6. The lowest BCUT2D eigenvalue weighted by Crippen LogP contribution is -2.28. The fraction of sp³-hybridized carbons (Fsp3) is 0.217. The number of H-pyrrole nitrogens is 1. The summed E-state index contributed by atoms with van der Waals surface area (Å²) in [6.45, 7) is 2.35. The van der Waals surface area contributed by atoms with Crippen LogP contribution < -0.4 is 15.6 Å². The molecule has 0 aliphatic heterocycles. The van der Waals surface area contributed by atoms with Crippen molar-refractivity contribution in [2.75, 3.05) is 13.7 Å². The maximum absolute atomic E-state index is 12.5. The van der Waals surface area contributed by atoms with Crippen molar-refractivity contribution >= 4 is 22.9 Å². The van der Waals surface area contributed by atoms with Crippen molar-refractivity contribution in [3.8, 4) is 5.75 Å². The molecule has 0 aliphatic carbocycles. The third-order valence-electron chi connectivity index (χ3n) is 4.62. The maximum Gasteiger partial charge on any atom is 0.251 e. The summed E-state index contributed by atoms with van der Waals surface area (Å²) < 4.78 is 5.18. The first kappa shape index (κ1) is 19.4. The van der Waals surface area contributed by atoms with Gasteiger partial charge in [-0.1, -0.05) is 37.3 Å². The molecule has 5 heteroatoms. The average molecular weight is 376 g/mol. The van der Waals surface area contributed by atoms with Gasteiger partial charge in [-0.15, -0.1) is 0 Å². The van der Waals surface area contributed by atoms with Crippen LogP contribution in [0.5, 0.6) is 5.75 Å². The minimum Gasteiger partial charge on any atom is -0.497 e. The van der Waals surface area contributed by atoms with Crippen molar-refractivity contribution in [1.82, 2.24) is 10.3 Å². The van der Waals surface area contributed by atoms with E-state index in [0.717, 1.165) is 16.5 Å². The summed E-state index contributed by atoms with van der Waals surface area (Å²) in [4.78, 5) is 27.7. The minimum absolute atomic E-state index is 0.103. The van der Waals surface area contributed by atoms with Crippen molar-refractivity contribution in [3.05, 3.63) is 81.7 Å². The first-order valence-electron chi connectivity index (χ1n) is 9.34. The van der Waals surface area contributed by atoms with E-state index in [1.54, 1.807) is 13.2 Å². The van der Waals surface area contributed by atoms with Gasteiger partial charge in [-0.25, -0.2) is 0 Å². The maximum atomic E-state index is 12.5. The smallest absolute Gasteiger partial charge is 0.251 e. The van der Waals surface area contributed by atoms with Crippen LogP contribution >= 0.6 is 0 Å². The van der Waals surface area contributed by atoms with Crippen LogP contribution in [0, 0.1) is 0 Å². The third-order valence-corrected chi connectivity index (χ3v) is 4.62. The van der Waals surface area contributed by atoms with E-state index >= 15 is 0 Å². The number of aromatic nitrogens is 1. The van der Waals surface area contributed by atoms with Gasteiger partial charge in [-0.2, -0.15) is 0 Å². The van der Waals surface area contributed by atoms with E-state index in [4.69, 9.17) is 4.74 Å². The van der Waals surface area contributed by atoms with Crippen molar-refractivity contribution in [3.63, 3.8) is 0 Å². The van der Waals surface area contributed by atoms with E-state index in [-0.39, 0.29) is 11.5 Å². The largest absolute Gasteiger partial charge is 0.497 e. The number of ether oxygens (including phenoxy) is 1. The molecule has 0 fully saturated rings. The molecule has 1 aromatic heterocycles. The Labute approximate surface area is 164 Å². The number of pyridine rings is 1. The number of fused-ring (bicyclic) bond motifs is 1. The third kappa shape index (κ3) is 4.68. The van der Waals surface area contributed by atoms with Crippen LogP contribution in [0.2, 0.25) is 0 Å². The highest BCUT2D eigenvalue weighted by Crippen LogP contribution is 2.18. The second kappa shape index (κ2) is 9.04. The normalized spacial score (nSPS) is 11.4. The van der Waals surface area contributed by atoms with Gasteiger partial charge < -0.3 is 15.0 Å². The van der Waals surface area contributed by atoms with Crippen molar-refractivity contribution in [1.29, 1.82) is 0 Å². The SMILES string of the molecule is CC/C(=C\c1ccccc1)C(=O)NCCc1cc2ccc(OC)cc2[nH]c1=O. The zero-order valence-corrected chi connectivity index (χ0v) is 16.1. The zero-order chi connectivity index (χ0) is 19.9. The summed E-state index contributed by atoms with van der Waals surface area (Å²) in [5.41, 5.74) is 2.94. The monoisotopic (exact) mass is 376 g/mol. The predicted octanol–water partition coefficient (Wildman–Crippen LogP) is 3.69.